The van der Waals surface area contributed by atoms with Gasteiger partial charge < -0.3 is 9.64 Å². The molecular formula is C12H12ClNO2. The monoisotopic (exact) mass is 237 g/mol. The highest BCUT2D eigenvalue weighted by molar-refractivity contribution is 6.35. The molecule has 0 saturated carbocycles. The summed E-state index contributed by atoms with van der Waals surface area (Å²) in [6, 6.07) is 7.51. The van der Waals surface area contributed by atoms with E-state index in [0.717, 1.165) is 0 Å². The molecule has 3 nitrogen and oxygen atoms in total. The minimum Gasteiger partial charge on any atom is -0.497 e. The number of ether oxygens (including phenoxy) is 1. The minimum absolute atomic E-state index is 0.304. The highest BCUT2D eigenvalue weighted by Gasteiger charge is 2.08. The van der Waals surface area contributed by atoms with Gasteiger partial charge in [-0.2, -0.15) is 0 Å². The lowest BCUT2D eigenvalue weighted by molar-refractivity contribution is 0.105. The quantitative estimate of drug-likeness (QED) is 0.448. The van der Waals surface area contributed by atoms with Gasteiger partial charge in [0.25, 0.3) is 0 Å². The third-order valence-electron chi connectivity index (χ3n) is 1.81. The largest absolute Gasteiger partial charge is 0.497 e. The van der Waals surface area contributed by atoms with E-state index in [9.17, 15) is 4.79 Å². The van der Waals surface area contributed by atoms with E-state index in [1.54, 1.807) is 44.3 Å². The zero-order chi connectivity index (χ0) is 12.1. The minimum atomic E-state index is -0.304. The van der Waals surface area contributed by atoms with Crippen LogP contribution < -0.4 is 4.74 Å². The number of carbonyl (C=O) groups is 1. The average molecular weight is 238 g/mol. The number of methoxy groups -OCH3 is 1. The van der Waals surface area contributed by atoms with Crippen molar-refractivity contribution in [1.82, 2.24) is 4.90 Å². The van der Waals surface area contributed by atoms with Gasteiger partial charge in [0.05, 0.1) is 12.1 Å². The maximum absolute atomic E-state index is 11.6. The van der Waals surface area contributed by atoms with Gasteiger partial charge in [0.2, 0.25) is 5.78 Å². The third kappa shape index (κ3) is 3.18. The Bertz CT molecular complexity index is 458. The number of nitrogens with zero attached hydrogens (tertiary/aromatic N) is 1. The van der Waals surface area contributed by atoms with Crippen molar-refractivity contribution >= 4 is 17.4 Å². The lowest BCUT2D eigenvalue weighted by Gasteiger charge is -2.03. The number of Topliss-reactive ketones (excluding diaryl/α,β-unsaturated/α-hetero) is 1. The molecule has 1 aromatic carbocycles. The summed E-state index contributed by atoms with van der Waals surface area (Å²) in [5.74, 6) is 2.80. The lowest BCUT2D eigenvalue weighted by Crippen LogP contribution is -2.04. The summed E-state index contributed by atoms with van der Waals surface area (Å²) in [7, 11) is 5.06. The van der Waals surface area contributed by atoms with Crippen LogP contribution in [0.5, 0.6) is 5.75 Å². The Morgan fingerprint density at radius 1 is 1.44 bits per heavy atom. The Morgan fingerprint density at radius 3 is 2.62 bits per heavy atom. The molecule has 16 heavy (non-hydrogen) atoms. The molecule has 0 unspecified atom stereocenters. The first-order valence-corrected chi connectivity index (χ1v) is 4.99. The van der Waals surface area contributed by atoms with E-state index in [4.69, 9.17) is 16.3 Å². The van der Waals surface area contributed by atoms with Crippen LogP contribution in [0.4, 0.5) is 0 Å². The van der Waals surface area contributed by atoms with Gasteiger partial charge >= 0.3 is 0 Å². The average Bonchev–Trinajstić information content (AvgIpc) is 2.25. The summed E-state index contributed by atoms with van der Waals surface area (Å²) in [4.78, 5) is 13.3. The Hall–Kier alpha value is -1.66. The molecule has 0 aromatic heterocycles. The number of carbonyl (C=O) groups excluding carboxylic acids is 1. The number of benzene rings is 1. The fourth-order valence-electron chi connectivity index (χ4n) is 1.04. The second-order valence-corrected chi connectivity index (χ2v) is 3.71. The second kappa shape index (κ2) is 5.43. The Kier molecular flexibility index (Phi) is 4.21. The van der Waals surface area contributed by atoms with Crippen molar-refractivity contribution in [3.63, 3.8) is 0 Å². The molecule has 0 aliphatic rings. The van der Waals surface area contributed by atoms with Crippen LogP contribution in [-0.4, -0.2) is 31.9 Å². The van der Waals surface area contributed by atoms with E-state index in [0.29, 0.717) is 16.3 Å². The van der Waals surface area contributed by atoms with Gasteiger partial charge in [-0.3, -0.25) is 4.79 Å². The summed E-state index contributed by atoms with van der Waals surface area (Å²) in [5, 5.41) is 0.345. The summed E-state index contributed by atoms with van der Waals surface area (Å²) < 4.78 is 4.99. The van der Waals surface area contributed by atoms with Crippen LogP contribution in [0.2, 0.25) is 5.02 Å². The number of halogens is 1. The first-order valence-electron chi connectivity index (χ1n) is 4.61. The van der Waals surface area contributed by atoms with Crippen molar-refractivity contribution < 1.29 is 9.53 Å². The van der Waals surface area contributed by atoms with Crippen molar-refractivity contribution in [2.75, 3.05) is 21.2 Å². The zero-order valence-corrected chi connectivity index (χ0v) is 10.1. The van der Waals surface area contributed by atoms with Crippen LogP contribution in [-0.2, 0) is 0 Å². The van der Waals surface area contributed by atoms with E-state index in [1.165, 1.54) is 0 Å². The van der Waals surface area contributed by atoms with Crippen molar-refractivity contribution in [2.45, 2.75) is 0 Å². The van der Waals surface area contributed by atoms with Crippen LogP contribution >= 0.6 is 11.6 Å². The topological polar surface area (TPSA) is 29.5 Å². The highest BCUT2D eigenvalue weighted by atomic mass is 35.5. The maximum atomic E-state index is 11.6. The molecule has 0 bridgehead atoms. The fourth-order valence-corrected chi connectivity index (χ4v) is 1.29. The van der Waals surface area contributed by atoms with Crippen LogP contribution in [0.15, 0.2) is 18.2 Å². The maximum Gasteiger partial charge on any atom is 0.239 e. The molecule has 0 N–H and O–H groups in total. The zero-order valence-electron chi connectivity index (χ0n) is 9.37. The molecule has 0 spiro atoms. The summed E-state index contributed by atoms with van der Waals surface area (Å²) in [5.41, 5.74) is 0.386. The SMILES string of the molecule is COc1ccc(C(=O)C#CN(C)C)c(Cl)c1. The Morgan fingerprint density at radius 2 is 2.12 bits per heavy atom. The molecule has 0 aliphatic heterocycles. The first-order chi connectivity index (χ1) is 7.54. The van der Waals surface area contributed by atoms with Crippen LogP contribution in [0.3, 0.4) is 0 Å². The van der Waals surface area contributed by atoms with Crippen LogP contribution in [0, 0.1) is 12.0 Å². The molecule has 0 radical (unpaired) electrons. The van der Waals surface area contributed by atoms with Crippen molar-refractivity contribution in [3.05, 3.63) is 28.8 Å². The number of ketones is 1. The van der Waals surface area contributed by atoms with E-state index in [2.05, 4.69) is 12.0 Å². The summed E-state index contributed by atoms with van der Waals surface area (Å²) in [6.45, 7) is 0. The van der Waals surface area contributed by atoms with Gasteiger partial charge in [0.15, 0.2) is 0 Å². The predicted octanol–water partition coefficient (Wildman–Crippen LogP) is 2.05. The van der Waals surface area contributed by atoms with Gasteiger partial charge in [0.1, 0.15) is 5.75 Å². The van der Waals surface area contributed by atoms with Gasteiger partial charge in [-0.25, -0.2) is 0 Å². The normalized spacial score (nSPS) is 9.00. The molecular weight excluding hydrogens is 226 g/mol. The van der Waals surface area contributed by atoms with Crippen LogP contribution in [0.25, 0.3) is 0 Å². The van der Waals surface area contributed by atoms with Crippen molar-refractivity contribution in [1.29, 1.82) is 0 Å². The smallest absolute Gasteiger partial charge is 0.239 e. The molecule has 0 heterocycles. The number of hydrogen-bond donors (Lipinski definition) is 0. The van der Waals surface area contributed by atoms with Gasteiger partial charge in [-0.15, -0.1) is 0 Å². The lowest BCUT2D eigenvalue weighted by atomic mass is 10.1. The Balaban J connectivity index is 2.98. The standard InChI is InChI=1S/C12H12ClNO2/c1-14(2)7-6-12(15)10-5-4-9(16-3)8-11(10)13/h4-5,8H,1-3H3. The number of hydrogen-bond acceptors (Lipinski definition) is 3. The molecule has 0 atom stereocenters. The third-order valence-corrected chi connectivity index (χ3v) is 2.13. The predicted molar refractivity (Wildman–Crippen MR) is 63.8 cm³/mol. The number of rotatable bonds is 2. The van der Waals surface area contributed by atoms with E-state index < -0.39 is 0 Å². The van der Waals surface area contributed by atoms with E-state index >= 15 is 0 Å². The molecule has 4 heteroatoms. The fraction of sp³-hybridized carbons (Fsp3) is 0.250. The van der Waals surface area contributed by atoms with Gasteiger partial charge in [0, 0.05) is 25.7 Å². The van der Waals surface area contributed by atoms with E-state index in [1.807, 2.05) is 0 Å². The summed E-state index contributed by atoms with van der Waals surface area (Å²) in [6.07, 6.45) is 0. The molecule has 0 saturated heterocycles. The molecule has 0 amide bonds. The van der Waals surface area contributed by atoms with Gasteiger partial charge in [-0.1, -0.05) is 11.6 Å². The van der Waals surface area contributed by atoms with Crippen molar-refractivity contribution in [2.24, 2.45) is 0 Å². The Labute approximate surface area is 100.0 Å². The second-order valence-electron chi connectivity index (χ2n) is 3.31. The van der Waals surface area contributed by atoms with Crippen molar-refractivity contribution in [3.8, 4) is 17.7 Å². The first kappa shape index (κ1) is 12.4. The van der Waals surface area contributed by atoms with E-state index in [-0.39, 0.29) is 5.78 Å². The molecule has 84 valence electrons. The highest BCUT2D eigenvalue weighted by Crippen LogP contribution is 2.22. The molecule has 0 fully saturated rings. The van der Waals surface area contributed by atoms with Crippen LogP contribution in [0.1, 0.15) is 10.4 Å². The molecule has 0 aliphatic carbocycles. The van der Waals surface area contributed by atoms with Gasteiger partial charge in [-0.05, 0) is 24.1 Å². The molecule has 1 rings (SSSR count). The summed E-state index contributed by atoms with van der Waals surface area (Å²) >= 11 is 5.94. The molecule has 1 aromatic rings.